The Morgan fingerprint density at radius 3 is 2.72 bits per heavy atom. The lowest BCUT2D eigenvalue weighted by Gasteiger charge is -2.17. The normalized spacial score (nSPS) is 12.7. The highest BCUT2D eigenvalue weighted by molar-refractivity contribution is 5.83. The molecule has 0 saturated carbocycles. The zero-order chi connectivity index (χ0) is 13.3. The van der Waals surface area contributed by atoms with E-state index >= 15 is 0 Å². The fourth-order valence-corrected chi connectivity index (χ4v) is 1.94. The van der Waals surface area contributed by atoms with Gasteiger partial charge in [0, 0.05) is 36.8 Å². The summed E-state index contributed by atoms with van der Waals surface area (Å²) in [4.78, 5) is 13.5. The topological polar surface area (TPSA) is 53.7 Å². The minimum absolute atomic E-state index is 0.435. The highest BCUT2D eigenvalue weighted by Gasteiger charge is 2.11. The second-order valence-electron chi connectivity index (χ2n) is 4.39. The first-order valence-corrected chi connectivity index (χ1v) is 6.00. The van der Waals surface area contributed by atoms with Gasteiger partial charge in [0.2, 0.25) is 0 Å². The van der Waals surface area contributed by atoms with Gasteiger partial charge in [0.1, 0.15) is 5.58 Å². The lowest BCUT2D eigenvalue weighted by Crippen LogP contribution is -2.15. The zero-order valence-corrected chi connectivity index (χ0v) is 10.8. The Hall–Kier alpha value is -1.81. The minimum atomic E-state index is -0.689. The lowest BCUT2D eigenvalue weighted by molar-refractivity contribution is 0.200. The third kappa shape index (κ3) is 2.24. The molecule has 0 amide bonds. The van der Waals surface area contributed by atoms with Crippen LogP contribution < -0.4 is 10.5 Å². The van der Waals surface area contributed by atoms with E-state index in [-0.39, 0.29) is 0 Å². The standard InChI is InChI=1S/C14H17NO3/c1-4-15(3)10-5-6-11-12(9(2)16)8-14(17)18-13(11)7-10/h5-9,16H,4H2,1-3H3. The zero-order valence-electron chi connectivity index (χ0n) is 10.8. The summed E-state index contributed by atoms with van der Waals surface area (Å²) >= 11 is 0. The second-order valence-corrected chi connectivity index (χ2v) is 4.39. The van der Waals surface area contributed by atoms with Crippen molar-refractivity contribution in [2.75, 3.05) is 18.5 Å². The van der Waals surface area contributed by atoms with Crippen LogP contribution in [0.5, 0.6) is 0 Å². The molecule has 18 heavy (non-hydrogen) atoms. The third-order valence-corrected chi connectivity index (χ3v) is 3.13. The molecule has 1 aromatic carbocycles. The van der Waals surface area contributed by atoms with Crippen molar-refractivity contribution >= 4 is 16.7 Å². The maximum absolute atomic E-state index is 11.5. The van der Waals surface area contributed by atoms with E-state index in [4.69, 9.17) is 4.42 Å². The van der Waals surface area contributed by atoms with Crippen LogP contribution in [0.1, 0.15) is 25.5 Å². The molecule has 1 heterocycles. The van der Waals surface area contributed by atoms with Crippen LogP contribution in [0.4, 0.5) is 5.69 Å². The van der Waals surface area contributed by atoms with Crippen molar-refractivity contribution < 1.29 is 9.52 Å². The van der Waals surface area contributed by atoms with Gasteiger partial charge in [-0.25, -0.2) is 4.79 Å². The Kier molecular flexibility index (Phi) is 3.39. The molecular formula is C14H17NO3. The van der Waals surface area contributed by atoms with Crippen LogP contribution in [0.25, 0.3) is 11.0 Å². The Balaban J connectivity index is 2.68. The molecule has 2 aromatic rings. The van der Waals surface area contributed by atoms with Crippen molar-refractivity contribution in [2.45, 2.75) is 20.0 Å². The van der Waals surface area contributed by atoms with Crippen LogP contribution in [0.15, 0.2) is 33.5 Å². The van der Waals surface area contributed by atoms with E-state index in [1.807, 2.05) is 32.2 Å². The van der Waals surface area contributed by atoms with Gasteiger partial charge in [-0.3, -0.25) is 0 Å². The molecule has 96 valence electrons. The summed E-state index contributed by atoms with van der Waals surface area (Å²) in [5, 5.41) is 10.5. The molecule has 2 rings (SSSR count). The van der Waals surface area contributed by atoms with E-state index in [1.165, 1.54) is 6.07 Å². The Bertz CT molecular complexity index is 616. The predicted molar refractivity (Wildman–Crippen MR) is 72.1 cm³/mol. The summed E-state index contributed by atoms with van der Waals surface area (Å²) in [6.07, 6.45) is -0.689. The van der Waals surface area contributed by atoms with Crippen molar-refractivity contribution in [3.05, 3.63) is 40.2 Å². The molecule has 0 spiro atoms. The van der Waals surface area contributed by atoms with Crippen molar-refractivity contribution in [1.82, 2.24) is 0 Å². The number of hydrogen-bond acceptors (Lipinski definition) is 4. The second kappa shape index (κ2) is 4.82. The molecule has 4 nitrogen and oxygen atoms in total. The van der Waals surface area contributed by atoms with Crippen LogP contribution >= 0.6 is 0 Å². The van der Waals surface area contributed by atoms with Crippen LogP contribution in [0.2, 0.25) is 0 Å². The van der Waals surface area contributed by atoms with Gasteiger partial charge in [-0.2, -0.15) is 0 Å². The van der Waals surface area contributed by atoms with Gasteiger partial charge < -0.3 is 14.4 Å². The Morgan fingerprint density at radius 1 is 1.39 bits per heavy atom. The smallest absolute Gasteiger partial charge is 0.336 e. The quantitative estimate of drug-likeness (QED) is 0.846. The molecule has 0 saturated heterocycles. The SMILES string of the molecule is CCN(C)c1ccc2c(C(C)O)cc(=O)oc2c1. The van der Waals surface area contributed by atoms with Crippen molar-refractivity contribution in [1.29, 1.82) is 0 Å². The van der Waals surface area contributed by atoms with Gasteiger partial charge in [-0.05, 0) is 31.5 Å². The van der Waals surface area contributed by atoms with Gasteiger partial charge in [-0.1, -0.05) is 0 Å². The first kappa shape index (κ1) is 12.6. The van der Waals surface area contributed by atoms with Crippen molar-refractivity contribution in [3.8, 4) is 0 Å². The first-order chi connectivity index (χ1) is 8.52. The summed E-state index contributed by atoms with van der Waals surface area (Å²) in [5.41, 5.74) is 1.66. The van der Waals surface area contributed by atoms with Gasteiger partial charge in [0.25, 0.3) is 0 Å². The van der Waals surface area contributed by atoms with Crippen LogP contribution in [-0.2, 0) is 0 Å². The summed E-state index contributed by atoms with van der Waals surface area (Å²) < 4.78 is 5.19. The molecule has 0 aliphatic heterocycles. The molecule has 0 aliphatic carbocycles. The molecule has 4 heteroatoms. The molecule has 0 fully saturated rings. The number of nitrogens with zero attached hydrogens (tertiary/aromatic N) is 1. The van der Waals surface area contributed by atoms with Gasteiger partial charge >= 0.3 is 5.63 Å². The van der Waals surface area contributed by atoms with Gasteiger partial charge in [-0.15, -0.1) is 0 Å². The number of hydrogen-bond donors (Lipinski definition) is 1. The molecule has 1 unspecified atom stereocenters. The van der Waals surface area contributed by atoms with E-state index in [0.29, 0.717) is 11.1 Å². The monoisotopic (exact) mass is 247 g/mol. The largest absolute Gasteiger partial charge is 0.423 e. The molecule has 1 aromatic heterocycles. The van der Waals surface area contributed by atoms with Crippen LogP contribution in [-0.4, -0.2) is 18.7 Å². The number of rotatable bonds is 3. The molecule has 0 aliphatic rings. The van der Waals surface area contributed by atoms with E-state index in [1.54, 1.807) is 6.92 Å². The number of anilines is 1. The van der Waals surface area contributed by atoms with Gasteiger partial charge in [0.05, 0.1) is 6.10 Å². The molecule has 1 atom stereocenters. The Morgan fingerprint density at radius 2 is 2.11 bits per heavy atom. The lowest BCUT2D eigenvalue weighted by atomic mass is 10.1. The predicted octanol–water partition coefficient (Wildman–Crippen LogP) is 2.30. The number of aliphatic hydroxyl groups excluding tert-OH is 1. The fourth-order valence-electron chi connectivity index (χ4n) is 1.94. The number of aliphatic hydroxyl groups is 1. The molecule has 1 N–H and O–H groups in total. The number of fused-ring (bicyclic) bond motifs is 1. The summed E-state index contributed by atoms with van der Waals surface area (Å²) in [5.74, 6) is 0. The highest BCUT2D eigenvalue weighted by Crippen LogP contribution is 2.26. The molecule has 0 radical (unpaired) electrons. The summed E-state index contributed by atoms with van der Waals surface area (Å²) in [6, 6.07) is 7.00. The maximum Gasteiger partial charge on any atom is 0.336 e. The third-order valence-electron chi connectivity index (χ3n) is 3.13. The van der Waals surface area contributed by atoms with E-state index < -0.39 is 11.7 Å². The minimum Gasteiger partial charge on any atom is -0.423 e. The molecule has 0 bridgehead atoms. The summed E-state index contributed by atoms with van der Waals surface area (Å²) in [6.45, 7) is 4.55. The van der Waals surface area contributed by atoms with E-state index in [9.17, 15) is 9.90 Å². The van der Waals surface area contributed by atoms with Crippen molar-refractivity contribution in [2.24, 2.45) is 0 Å². The Labute approximate surface area is 105 Å². The summed E-state index contributed by atoms with van der Waals surface area (Å²) in [7, 11) is 1.97. The molecular weight excluding hydrogens is 230 g/mol. The first-order valence-electron chi connectivity index (χ1n) is 6.00. The average molecular weight is 247 g/mol. The van der Waals surface area contributed by atoms with Gasteiger partial charge in [0.15, 0.2) is 0 Å². The number of benzene rings is 1. The average Bonchev–Trinajstić information content (AvgIpc) is 2.35. The highest BCUT2D eigenvalue weighted by atomic mass is 16.4. The van der Waals surface area contributed by atoms with Crippen molar-refractivity contribution in [3.63, 3.8) is 0 Å². The maximum atomic E-state index is 11.5. The van der Waals surface area contributed by atoms with E-state index in [2.05, 4.69) is 4.90 Å². The van der Waals surface area contributed by atoms with Crippen LogP contribution in [0.3, 0.4) is 0 Å². The fraction of sp³-hybridized carbons (Fsp3) is 0.357. The van der Waals surface area contributed by atoms with Crippen LogP contribution in [0, 0.1) is 0 Å². The van der Waals surface area contributed by atoms with E-state index in [0.717, 1.165) is 17.6 Å².